The first-order valence-corrected chi connectivity index (χ1v) is 6.79. The topological polar surface area (TPSA) is 100 Å². The summed E-state index contributed by atoms with van der Waals surface area (Å²) in [7, 11) is 0.106. The first kappa shape index (κ1) is 15.0. The van der Waals surface area contributed by atoms with Crippen molar-refractivity contribution in [3.8, 4) is 0 Å². The van der Waals surface area contributed by atoms with Crippen LogP contribution >= 0.6 is 7.82 Å². The van der Waals surface area contributed by atoms with E-state index in [0.717, 1.165) is 7.11 Å². The lowest BCUT2D eigenvalue weighted by Gasteiger charge is -2.25. The smallest absolute Gasteiger partial charge is 0.384 e. The van der Waals surface area contributed by atoms with Gasteiger partial charge in [-0.15, -0.1) is 0 Å². The van der Waals surface area contributed by atoms with Gasteiger partial charge in [0.2, 0.25) is 0 Å². The summed E-state index contributed by atoms with van der Waals surface area (Å²) in [6.45, 7) is 0.391. The Bertz CT molecular complexity index is 289. The molecule has 5 atom stereocenters. The summed E-state index contributed by atoms with van der Waals surface area (Å²) in [5.41, 5.74) is 5.89. The largest absolute Gasteiger partial charge is 0.472 e. The van der Waals surface area contributed by atoms with Crippen LogP contribution in [0, 0.1) is 5.92 Å². The zero-order valence-electron chi connectivity index (χ0n) is 10.2. The minimum Gasteiger partial charge on any atom is -0.384 e. The van der Waals surface area contributed by atoms with Crippen LogP contribution in [0.1, 0.15) is 6.42 Å². The number of phosphoric acid groups is 1. The van der Waals surface area contributed by atoms with Gasteiger partial charge in [0.25, 0.3) is 0 Å². The van der Waals surface area contributed by atoms with Gasteiger partial charge < -0.3 is 20.1 Å². The summed E-state index contributed by atoms with van der Waals surface area (Å²) in [5, 5.41) is 0. The minimum atomic E-state index is -4.05. The number of ether oxygens (including phenoxy) is 2. The maximum absolute atomic E-state index is 11.4. The molecule has 0 aromatic carbocycles. The van der Waals surface area contributed by atoms with Crippen molar-refractivity contribution in [2.75, 3.05) is 27.9 Å². The number of methoxy groups -OCH3 is 2. The van der Waals surface area contributed by atoms with Crippen LogP contribution in [0.15, 0.2) is 0 Å². The normalized spacial score (nSPS) is 37.0. The lowest BCUT2D eigenvalue weighted by Crippen LogP contribution is -2.39. The number of hydrogen-bond donors (Lipinski definition) is 2. The Balaban J connectivity index is 2.77. The fraction of sp³-hybridized carbons (Fsp3) is 1.00. The van der Waals surface area contributed by atoms with Crippen molar-refractivity contribution in [3.05, 3.63) is 0 Å². The Morgan fingerprint density at radius 2 is 2.00 bits per heavy atom. The molecule has 102 valence electrons. The molecule has 0 radical (unpaired) electrons. The van der Waals surface area contributed by atoms with Crippen molar-refractivity contribution in [2.45, 2.75) is 24.7 Å². The molecule has 0 aromatic rings. The molecule has 0 amide bonds. The molecule has 1 rings (SSSR count). The standard InChI is InChI=1S/C9H20NO6P/c1-13-5-6-4-7(10)9(14-2)8(6)16-17(11,12)15-3/h6-9H,4-5,10H2,1-3H3,(H,11,12)/t6-,7+,8?,9-/m1/s1. The monoisotopic (exact) mass is 269 g/mol. The number of nitrogens with two attached hydrogens (primary N) is 1. The van der Waals surface area contributed by atoms with Gasteiger partial charge in [-0.3, -0.25) is 9.05 Å². The van der Waals surface area contributed by atoms with Crippen LogP contribution in [-0.2, 0) is 23.1 Å². The quantitative estimate of drug-likeness (QED) is 0.661. The van der Waals surface area contributed by atoms with Crippen LogP contribution in [-0.4, -0.2) is 51.1 Å². The fourth-order valence-corrected chi connectivity index (χ4v) is 2.84. The Morgan fingerprint density at radius 3 is 2.47 bits per heavy atom. The second-order valence-electron chi connectivity index (χ2n) is 4.04. The summed E-state index contributed by atoms with van der Waals surface area (Å²) in [6, 6.07) is -0.248. The molecule has 1 aliphatic carbocycles. The Morgan fingerprint density at radius 1 is 1.35 bits per heavy atom. The second-order valence-corrected chi connectivity index (χ2v) is 5.55. The van der Waals surface area contributed by atoms with E-state index in [1.54, 1.807) is 7.11 Å². The summed E-state index contributed by atoms with van der Waals surface area (Å²) < 4.78 is 31.2. The number of phosphoric ester groups is 1. The molecule has 1 fully saturated rings. The molecule has 3 N–H and O–H groups in total. The molecule has 7 nitrogen and oxygen atoms in total. The molecule has 0 bridgehead atoms. The van der Waals surface area contributed by atoms with Gasteiger partial charge in [-0.05, 0) is 6.42 Å². The maximum Gasteiger partial charge on any atom is 0.472 e. The maximum atomic E-state index is 11.4. The predicted molar refractivity (Wildman–Crippen MR) is 60.5 cm³/mol. The highest BCUT2D eigenvalue weighted by atomic mass is 31.2. The van der Waals surface area contributed by atoms with Crippen molar-refractivity contribution in [2.24, 2.45) is 11.7 Å². The van der Waals surface area contributed by atoms with Crippen molar-refractivity contribution >= 4 is 7.82 Å². The van der Waals surface area contributed by atoms with E-state index in [1.807, 2.05) is 0 Å². The molecule has 0 heterocycles. The second kappa shape index (κ2) is 6.24. The van der Waals surface area contributed by atoms with Gasteiger partial charge >= 0.3 is 7.82 Å². The van der Waals surface area contributed by atoms with Crippen molar-refractivity contribution in [1.82, 2.24) is 0 Å². The van der Waals surface area contributed by atoms with E-state index in [-0.39, 0.29) is 12.0 Å². The molecule has 0 aromatic heterocycles. The van der Waals surface area contributed by atoms with E-state index in [1.165, 1.54) is 7.11 Å². The van der Waals surface area contributed by atoms with Gasteiger partial charge in [-0.25, -0.2) is 4.57 Å². The molecule has 2 unspecified atom stereocenters. The summed E-state index contributed by atoms with van der Waals surface area (Å²) >= 11 is 0. The summed E-state index contributed by atoms with van der Waals surface area (Å²) in [4.78, 5) is 9.34. The van der Waals surface area contributed by atoms with Gasteiger partial charge in [0.15, 0.2) is 0 Å². The molecule has 0 saturated heterocycles. The molecule has 1 saturated carbocycles. The molecular weight excluding hydrogens is 249 g/mol. The van der Waals surface area contributed by atoms with E-state index in [0.29, 0.717) is 13.0 Å². The minimum absolute atomic E-state index is 0.0874. The molecule has 0 spiro atoms. The zero-order chi connectivity index (χ0) is 13.1. The first-order chi connectivity index (χ1) is 7.95. The highest BCUT2D eigenvalue weighted by molar-refractivity contribution is 7.47. The van der Waals surface area contributed by atoms with Gasteiger partial charge in [0.1, 0.15) is 6.10 Å². The van der Waals surface area contributed by atoms with Gasteiger partial charge in [0, 0.05) is 33.3 Å². The van der Waals surface area contributed by atoms with E-state index >= 15 is 0 Å². The van der Waals surface area contributed by atoms with E-state index in [4.69, 9.17) is 19.7 Å². The van der Waals surface area contributed by atoms with Crippen LogP contribution < -0.4 is 5.73 Å². The molecule has 0 aliphatic heterocycles. The van der Waals surface area contributed by atoms with Crippen molar-refractivity contribution < 1.29 is 28.0 Å². The number of rotatable bonds is 6. The van der Waals surface area contributed by atoms with Crippen LogP contribution in [0.5, 0.6) is 0 Å². The third-order valence-electron chi connectivity index (χ3n) is 2.92. The average Bonchev–Trinajstić information content (AvgIpc) is 2.55. The van der Waals surface area contributed by atoms with Crippen LogP contribution in [0.25, 0.3) is 0 Å². The van der Waals surface area contributed by atoms with E-state index in [9.17, 15) is 9.46 Å². The highest BCUT2D eigenvalue weighted by Gasteiger charge is 2.46. The molecule has 8 heteroatoms. The number of hydrogen-bond acceptors (Lipinski definition) is 6. The fourth-order valence-electron chi connectivity index (χ4n) is 2.16. The Hall–Kier alpha value is -0.0100. The molecule has 1 aliphatic rings. The van der Waals surface area contributed by atoms with Crippen LogP contribution in [0.2, 0.25) is 0 Å². The van der Waals surface area contributed by atoms with E-state index in [2.05, 4.69) is 4.52 Å². The SMILES string of the molecule is COC[C@H]1C[C@H](N)[C@@H](OC)C1OP(=O)(O)OC. The molecular formula is C9H20NO6P. The van der Waals surface area contributed by atoms with Crippen molar-refractivity contribution in [1.29, 1.82) is 0 Å². The first-order valence-electron chi connectivity index (χ1n) is 5.29. The summed E-state index contributed by atoms with van der Waals surface area (Å²) in [6.07, 6.45) is -0.433. The third kappa shape index (κ3) is 3.72. The highest BCUT2D eigenvalue weighted by Crippen LogP contribution is 2.47. The average molecular weight is 269 g/mol. The predicted octanol–water partition coefficient (Wildman–Crippen LogP) is 0.127. The van der Waals surface area contributed by atoms with Gasteiger partial charge in [-0.1, -0.05) is 0 Å². The van der Waals surface area contributed by atoms with E-state index < -0.39 is 20.0 Å². The molecule has 17 heavy (non-hydrogen) atoms. The van der Waals surface area contributed by atoms with Crippen molar-refractivity contribution in [3.63, 3.8) is 0 Å². The van der Waals surface area contributed by atoms with Gasteiger partial charge in [-0.2, -0.15) is 0 Å². The zero-order valence-corrected chi connectivity index (χ0v) is 11.1. The lowest BCUT2D eigenvalue weighted by molar-refractivity contribution is -0.0267. The Kier molecular flexibility index (Phi) is 5.53. The summed E-state index contributed by atoms with van der Waals surface area (Å²) in [5.74, 6) is -0.0874. The van der Waals surface area contributed by atoms with Crippen LogP contribution in [0.4, 0.5) is 0 Å². The van der Waals surface area contributed by atoms with Gasteiger partial charge in [0.05, 0.1) is 12.7 Å². The lowest BCUT2D eigenvalue weighted by atomic mass is 10.1. The Labute approximate surface area is 101 Å². The third-order valence-corrected chi connectivity index (χ3v) is 3.90. The van der Waals surface area contributed by atoms with Crippen LogP contribution in [0.3, 0.4) is 0 Å².